The molecule has 3 rings (SSSR count). The monoisotopic (exact) mass is 259 g/mol. The molecule has 1 N–H and O–H groups in total. The molecule has 0 amide bonds. The molecule has 0 spiro atoms. The second kappa shape index (κ2) is 5.16. The van der Waals surface area contributed by atoms with E-state index < -0.39 is 0 Å². The lowest BCUT2D eigenvalue weighted by molar-refractivity contribution is 0.440. The minimum Gasteiger partial charge on any atom is -0.309 e. The lowest BCUT2D eigenvalue weighted by Gasteiger charge is -2.32. The van der Waals surface area contributed by atoms with Crippen molar-refractivity contribution in [3.8, 4) is 0 Å². The molecule has 1 aliphatic rings. The van der Waals surface area contributed by atoms with Crippen molar-refractivity contribution >= 4 is 11.5 Å². The van der Waals surface area contributed by atoms with Gasteiger partial charge >= 0.3 is 0 Å². The van der Waals surface area contributed by atoms with E-state index in [4.69, 9.17) is 0 Å². The minimum absolute atomic E-state index is 0.397. The van der Waals surface area contributed by atoms with E-state index in [0.717, 1.165) is 13.0 Å². The van der Waals surface area contributed by atoms with Crippen molar-refractivity contribution in [2.45, 2.75) is 31.7 Å². The zero-order chi connectivity index (χ0) is 12.4. The summed E-state index contributed by atoms with van der Waals surface area (Å²) in [4.78, 5) is 1.25. The van der Waals surface area contributed by atoms with Gasteiger partial charge < -0.3 is 5.32 Å². The SMILES string of the molecule is CCNC(CC1Cc2ccccc21)c1cnns1. The normalized spacial score (nSPS) is 19.1. The van der Waals surface area contributed by atoms with E-state index in [1.807, 2.05) is 6.20 Å². The molecule has 1 heterocycles. The van der Waals surface area contributed by atoms with Crippen LogP contribution in [0.2, 0.25) is 0 Å². The van der Waals surface area contributed by atoms with Gasteiger partial charge in [-0.25, -0.2) is 0 Å². The summed E-state index contributed by atoms with van der Waals surface area (Å²) in [5, 5.41) is 7.49. The number of aromatic nitrogens is 2. The zero-order valence-electron chi connectivity index (χ0n) is 10.5. The maximum absolute atomic E-state index is 3.97. The maximum atomic E-state index is 3.97. The quantitative estimate of drug-likeness (QED) is 0.897. The van der Waals surface area contributed by atoms with E-state index in [-0.39, 0.29) is 0 Å². The molecule has 0 fully saturated rings. The average Bonchev–Trinajstić information content (AvgIpc) is 2.88. The molecule has 0 aliphatic heterocycles. The number of hydrogen-bond acceptors (Lipinski definition) is 4. The van der Waals surface area contributed by atoms with Gasteiger partial charge in [0.05, 0.1) is 11.1 Å². The second-order valence-electron chi connectivity index (χ2n) is 4.77. The molecule has 1 aromatic carbocycles. The summed E-state index contributed by atoms with van der Waals surface area (Å²) in [6, 6.07) is 9.17. The number of rotatable bonds is 5. The number of nitrogens with one attached hydrogen (secondary N) is 1. The molecule has 18 heavy (non-hydrogen) atoms. The van der Waals surface area contributed by atoms with Crippen LogP contribution in [0.4, 0.5) is 0 Å². The Kier molecular flexibility index (Phi) is 3.39. The molecule has 0 radical (unpaired) electrons. The summed E-state index contributed by atoms with van der Waals surface area (Å²) >= 11 is 1.51. The van der Waals surface area contributed by atoms with Crippen molar-refractivity contribution in [3.05, 3.63) is 46.5 Å². The first-order chi connectivity index (χ1) is 8.88. The van der Waals surface area contributed by atoms with E-state index >= 15 is 0 Å². The Morgan fingerprint density at radius 2 is 2.33 bits per heavy atom. The Morgan fingerprint density at radius 3 is 3.06 bits per heavy atom. The Morgan fingerprint density at radius 1 is 1.44 bits per heavy atom. The summed E-state index contributed by atoms with van der Waals surface area (Å²) in [7, 11) is 0. The van der Waals surface area contributed by atoms with Crippen molar-refractivity contribution in [2.24, 2.45) is 0 Å². The third-order valence-electron chi connectivity index (χ3n) is 3.65. The van der Waals surface area contributed by atoms with Crippen LogP contribution in [0.1, 0.15) is 41.3 Å². The predicted octanol–water partition coefficient (Wildman–Crippen LogP) is 2.92. The molecule has 4 heteroatoms. The standard InChI is InChI=1S/C14H17N3S/c1-2-15-13(14-9-16-17-18-14)8-11-7-10-5-3-4-6-12(10)11/h3-6,9,11,13,15H,2,7-8H2,1H3. The van der Waals surface area contributed by atoms with Gasteiger partial charge in [0.2, 0.25) is 0 Å². The van der Waals surface area contributed by atoms with Gasteiger partial charge in [-0.1, -0.05) is 35.7 Å². The van der Waals surface area contributed by atoms with Gasteiger partial charge in [0, 0.05) is 6.04 Å². The third kappa shape index (κ3) is 2.18. The summed E-state index contributed by atoms with van der Waals surface area (Å²) < 4.78 is 3.97. The molecule has 0 saturated heterocycles. The van der Waals surface area contributed by atoms with Crippen LogP contribution in [-0.4, -0.2) is 16.1 Å². The molecular formula is C14H17N3S. The van der Waals surface area contributed by atoms with Gasteiger partial charge in [0.25, 0.3) is 0 Å². The minimum atomic E-state index is 0.397. The Bertz CT molecular complexity index is 510. The number of benzene rings is 1. The van der Waals surface area contributed by atoms with Gasteiger partial charge in [0.15, 0.2) is 0 Å². The Labute approximate surface area is 111 Å². The number of hydrogen-bond donors (Lipinski definition) is 1. The van der Waals surface area contributed by atoms with Crippen LogP contribution >= 0.6 is 11.5 Å². The van der Waals surface area contributed by atoms with Crippen molar-refractivity contribution in [1.29, 1.82) is 0 Å². The van der Waals surface area contributed by atoms with E-state index in [2.05, 4.69) is 46.1 Å². The topological polar surface area (TPSA) is 37.8 Å². The van der Waals surface area contributed by atoms with Gasteiger partial charge in [-0.2, -0.15) is 0 Å². The van der Waals surface area contributed by atoms with Crippen molar-refractivity contribution < 1.29 is 0 Å². The average molecular weight is 259 g/mol. The molecule has 2 unspecified atom stereocenters. The van der Waals surface area contributed by atoms with Crippen molar-refractivity contribution in [2.75, 3.05) is 6.54 Å². The van der Waals surface area contributed by atoms with Crippen LogP contribution in [0.15, 0.2) is 30.5 Å². The summed E-state index contributed by atoms with van der Waals surface area (Å²) in [6.07, 6.45) is 4.25. The molecule has 2 atom stereocenters. The fourth-order valence-corrected chi connectivity index (χ4v) is 3.32. The van der Waals surface area contributed by atoms with E-state index in [1.165, 1.54) is 34.0 Å². The molecule has 2 aromatic rings. The van der Waals surface area contributed by atoms with Crippen LogP contribution in [-0.2, 0) is 6.42 Å². The zero-order valence-corrected chi connectivity index (χ0v) is 11.3. The fraction of sp³-hybridized carbons (Fsp3) is 0.429. The van der Waals surface area contributed by atoms with E-state index in [0.29, 0.717) is 12.0 Å². The van der Waals surface area contributed by atoms with Crippen molar-refractivity contribution in [3.63, 3.8) is 0 Å². The highest BCUT2D eigenvalue weighted by Gasteiger charge is 2.28. The highest BCUT2D eigenvalue weighted by atomic mass is 32.1. The fourth-order valence-electron chi connectivity index (χ4n) is 2.73. The van der Waals surface area contributed by atoms with Crippen molar-refractivity contribution in [1.82, 2.24) is 14.9 Å². The first-order valence-electron chi connectivity index (χ1n) is 6.47. The lowest BCUT2D eigenvalue weighted by atomic mass is 9.74. The second-order valence-corrected chi connectivity index (χ2v) is 5.58. The molecule has 3 nitrogen and oxygen atoms in total. The molecule has 1 aliphatic carbocycles. The summed E-state index contributed by atoms with van der Waals surface area (Å²) in [5.74, 6) is 0.687. The van der Waals surface area contributed by atoms with E-state index in [1.54, 1.807) is 0 Å². The first-order valence-corrected chi connectivity index (χ1v) is 7.24. The van der Waals surface area contributed by atoms with Crippen LogP contribution in [0, 0.1) is 0 Å². The highest BCUT2D eigenvalue weighted by molar-refractivity contribution is 7.05. The first kappa shape index (κ1) is 11.8. The van der Waals surface area contributed by atoms with Gasteiger partial charge in [0.1, 0.15) is 0 Å². The molecule has 1 aromatic heterocycles. The predicted molar refractivity (Wildman–Crippen MR) is 73.8 cm³/mol. The lowest BCUT2D eigenvalue weighted by Crippen LogP contribution is -2.26. The van der Waals surface area contributed by atoms with Gasteiger partial charge in [-0.15, -0.1) is 5.10 Å². The van der Waals surface area contributed by atoms with Crippen LogP contribution in [0.25, 0.3) is 0 Å². The Balaban J connectivity index is 1.72. The third-order valence-corrected chi connectivity index (χ3v) is 4.43. The highest BCUT2D eigenvalue weighted by Crippen LogP contribution is 2.40. The summed E-state index contributed by atoms with van der Waals surface area (Å²) in [5.41, 5.74) is 3.04. The molecule has 0 bridgehead atoms. The maximum Gasteiger partial charge on any atom is 0.0669 e. The van der Waals surface area contributed by atoms with Crippen LogP contribution in [0.3, 0.4) is 0 Å². The van der Waals surface area contributed by atoms with Gasteiger partial charge in [-0.3, -0.25) is 0 Å². The molecule has 0 saturated carbocycles. The molecule has 94 valence electrons. The largest absolute Gasteiger partial charge is 0.309 e. The van der Waals surface area contributed by atoms with Crippen LogP contribution < -0.4 is 5.32 Å². The summed E-state index contributed by atoms with van der Waals surface area (Å²) in [6.45, 7) is 3.13. The number of nitrogens with zero attached hydrogens (tertiary/aromatic N) is 2. The van der Waals surface area contributed by atoms with Crippen LogP contribution in [0.5, 0.6) is 0 Å². The smallest absolute Gasteiger partial charge is 0.0669 e. The molecular weight excluding hydrogens is 242 g/mol. The number of fused-ring (bicyclic) bond motifs is 1. The van der Waals surface area contributed by atoms with E-state index in [9.17, 15) is 0 Å². The van der Waals surface area contributed by atoms with Gasteiger partial charge in [-0.05, 0) is 48.0 Å². The Hall–Kier alpha value is -1.26.